The van der Waals surface area contributed by atoms with Gasteiger partial charge in [-0.15, -0.1) is 0 Å². The number of nitrogens with zero attached hydrogens (tertiary/aromatic N) is 2. The van der Waals surface area contributed by atoms with Crippen LogP contribution in [0.5, 0.6) is 0 Å². The molecule has 0 amide bonds. The van der Waals surface area contributed by atoms with Crippen LogP contribution in [0, 0.1) is 0 Å². The third-order valence-electron chi connectivity index (χ3n) is 5.49. The fourth-order valence-electron chi connectivity index (χ4n) is 4.11. The zero-order valence-electron chi connectivity index (χ0n) is 16.5. The van der Waals surface area contributed by atoms with E-state index >= 15 is 0 Å². The molecule has 0 N–H and O–H groups in total. The zero-order valence-corrected chi connectivity index (χ0v) is 18.2. The summed E-state index contributed by atoms with van der Waals surface area (Å²) in [5, 5.41) is 2.03. The van der Waals surface area contributed by atoms with Crippen LogP contribution in [-0.4, -0.2) is 49.1 Å². The molecule has 0 radical (unpaired) electrons. The van der Waals surface area contributed by atoms with E-state index in [0.717, 1.165) is 23.7 Å². The van der Waals surface area contributed by atoms with E-state index in [1.54, 1.807) is 16.4 Å². The highest BCUT2D eigenvalue weighted by molar-refractivity contribution is 7.89. The molecule has 0 bridgehead atoms. The summed E-state index contributed by atoms with van der Waals surface area (Å²) < 4.78 is 28.5. The van der Waals surface area contributed by atoms with Gasteiger partial charge in [0.25, 0.3) is 0 Å². The second-order valence-electron chi connectivity index (χ2n) is 7.81. The predicted molar refractivity (Wildman–Crippen MR) is 122 cm³/mol. The molecule has 1 aliphatic rings. The number of rotatable bonds is 6. The molecule has 6 heteroatoms. The topological polar surface area (TPSA) is 40.6 Å². The Hall–Kier alpha value is -1.86. The first-order chi connectivity index (χ1) is 13.9. The molecule has 4 rings (SSSR count). The molecule has 0 spiro atoms. The van der Waals surface area contributed by atoms with Crippen molar-refractivity contribution in [2.24, 2.45) is 0 Å². The molecular formula is C23H26N2O2S2. The average molecular weight is 427 g/mol. The van der Waals surface area contributed by atoms with Crippen LogP contribution in [0.15, 0.2) is 77.7 Å². The lowest BCUT2D eigenvalue weighted by molar-refractivity contribution is 0.250. The first-order valence-corrected chi connectivity index (χ1v) is 11.8. The maximum absolute atomic E-state index is 13.4. The molecule has 1 fully saturated rings. The molecule has 29 heavy (non-hydrogen) atoms. The van der Waals surface area contributed by atoms with Crippen LogP contribution in [0.3, 0.4) is 0 Å². The monoisotopic (exact) mass is 426 g/mol. The van der Waals surface area contributed by atoms with Crippen LogP contribution < -0.4 is 0 Å². The lowest BCUT2D eigenvalue weighted by Crippen LogP contribution is -2.42. The first kappa shape index (κ1) is 20.4. The molecule has 0 aliphatic carbocycles. The molecule has 0 saturated carbocycles. The molecule has 1 heterocycles. The smallest absolute Gasteiger partial charge is 0.243 e. The van der Waals surface area contributed by atoms with Crippen molar-refractivity contribution in [2.45, 2.75) is 29.2 Å². The van der Waals surface area contributed by atoms with Crippen LogP contribution in [0.25, 0.3) is 10.8 Å². The van der Waals surface area contributed by atoms with Gasteiger partial charge in [-0.2, -0.15) is 16.9 Å². The summed E-state index contributed by atoms with van der Waals surface area (Å²) in [5.41, 5.74) is 1.22. The second kappa shape index (κ2) is 8.48. The van der Waals surface area contributed by atoms with Gasteiger partial charge >= 0.3 is 0 Å². The van der Waals surface area contributed by atoms with Crippen molar-refractivity contribution in [2.75, 3.05) is 20.1 Å². The summed E-state index contributed by atoms with van der Waals surface area (Å²) in [7, 11) is -1.53. The van der Waals surface area contributed by atoms with Crippen molar-refractivity contribution in [1.82, 2.24) is 9.21 Å². The Bertz CT molecular complexity index is 1090. The second-order valence-corrected chi connectivity index (χ2v) is 10.4. The summed E-state index contributed by atoms with van der Waals surface area (Å²) >= 11 is 4.61. The highest BCUT2D eigenvalue weighted by Crippen LogP contribution is 2.30. The SMILES string of the molecule is CN(Cc1ccccc1)C[C@@H]1C[C@@H](S)CN1S(=O)(=O)c1ccc2ccccc2c1. The predicted octanol–water partition coefficient (Wildman–Crippen LogP) is 4.03. The maximum atomic E-state index is 13.4. The summed E-state index contributed by atoms with van der Waals surface area (Å²) in [5.74, 6) is 0. The quantitative estimate of drug-likeness (QED) is 0.605. The number of thiol groups is 1. The fraction of sp³-hybridized carbons (Fsp3) is 0.304. The minimum absolute atomic E-state index is 0.0559. The number of benzene rings is 3. The number of sulfonamides is 1. The normalized spacial score (nSPS) is 20.5. The lowest BCUT2D eigenvalue weighted by Gasteiger charge is -2.28. The van der Waals surface area contributed by atoms with Crippen LogP contribution in [0.1, 0.15) is 12.0 Å². The minimum Gasteiger partial charge on any atom is -0.301 e. The summed E-state index contributed by atoms with van der Waals surface area (Å²) in [6.07, 6.45) is 0.759. The Morgan fingerprint density at radius 2 is 1.69 bits per heavy atom. The van der Waals surface area contributed by atoms with E-state index in [4.69, 9.17) is 0 Å². The van der Waals surface area contributed by atoms with E-state index in [-0.39, 0.29) is 11.3 Å². The van der Waals surface area contributed by atoms with Crippen molar-refractivity contribution in [3.63, 3.8) is 0 Å². The van der Waals surface area contributed by atoms with Crippen molar-refractivity contribution in [3.05, 3.63) is 78.4 Å². The number of likely N-dealkylation sites (N-methyl/N-ethyl adjacent to an activating group) is 1. The van der Waals surface area contributed by atoms with Gasteiger partial charge in [-0.3, -0.25) is 0 Å². The first-order valence-electron chi connectivity index (χ1n) is 9.84. The van der Waals surface area contributed by atoms with Crippen LogP contribution >= 0.6 is 12.6 Å². The Balaban J connectivity index is 1.55. The maximum Gasteiger partial charge on any atom is 0.243 e. The van der Waals surface area contributed by atoms with E-state index in [0.29, 0.717) is 18.0 Å². The Kier molecular flexibility index (Phi) is 5.97. The van der Waals surface area contributed by atoms with E-state index in [2.05, 4.69) is 29.7 Å². The van der Waals surface area contributed by atoms with Gasteiger partial charge in [0.15, 0.2) is 0 Å². The van der Waals surface area contributed by atoms with E-state index < -0.39 is 10.0 Å². The molecule has 4 nitrogen and oxygen atoms in total. The molecule has 3 aromatic rings. The molecule has 1 aliphatic heterocycles. The van der Waals surface area contributed by atoms with Crippen molar-refractivity contribution in [3.8, 4) is 0 Å². The van der Waals surface area contributed by atoms with Gasteiger partial charge in [-0.25, -0.2) is 8.42 Å². The Morgan fingerprint density at radius 1 is 1.00 bits per heavy atom. The van der Waals surface area contributed by atoms with Crippen molar-refractivity contribution < 1.29 is 8.42 Å². The van der Waals surface area contributed by atoms with E-state index in [1.165, 1.54) is 5.56 Å². The van der Waals surface area contributed by atoms with Crippen LogP contribution in [0.4, 0.5) is 0 Å². The summed E-state index contributed by atoms with van der Waals surface area (Å²) in [4.78, 5) is 2.55. The van der Waals surface area contributed by atoms with E-state index in [9.17, 15) is 8.42 Å². The van der Waals surface area contributed by atoms with Crippen molar-refractivity contribution >= 4 is 33.4 Å². The number of hydrogen-bond acceptors (Lipinski definition) is 4. The van der Waals surface area contributed by atoms with Gasteiger partial charge in [0.05, 0.1) is 4.90 Å². The van der Waals surface area contributed by atoms with Gasteiger partial charge in [0.1, 0.15) is 0 Å². The van der Waals surface area contributed by atoms with Gasteiger partial charge in [0, 0.05) is 30.9 Å². The van der Waals surface area contributed by atoms with Gasteiger partial charge < -0.3 is 4.90 Å². The van der Waals surface area contributed by atoms with Gasteiger partial charge in [0.2, 0.25) is 10.0 Å². The zero-order chi connectivity index (χ0) is 20.4. The molecule has 0 aromatic heterocycles. The van der Waals surface area contributed by atoms with Crippen LogP contribution in [-0.2, 0) is 16.6 Å². The van der Waals surface area contributed by atoms with Gasteiger partial charge in [-0.1, -0.05) is 60.7 Å². The molecule has 3 aromatic carbocycles. The summed E-state index contributed by atoms with van der Waals surface area (Å²) in [6.45, 7) is 1.92. The minimum atomic E-state index is -3.57. The standard InChI is InChI=1S/C23H26N2O2S2/c1-24(15-18-7-3-2-4-8-18)16-21-14-22(28)17-25(21)29(26,27)23-12-11-19-9-5-6-10-20(19)13-23/h2-13,21-22,28H,14-17H2,1H3/t21-,22+/m0/s1. The number of fused-ring (bicyclic) bond motifs is 1. The molecule has 0 unspecified atom stereocenters. The summed E-state index contributed by atoms with van der Waals surface area (Å²) in [6, 6.07) is 23.4. The fourth-order valence-corrected chi connectivity index (χ4v) is 6.34. The third kappa shape index (κ3) is 4.51. The largest absolute Gasteiger partial charge is 0.301 e. The molecule has 152 valence electrons. The average Bonchev–Trinajstić information content (AvgIpc) is 3.09. The van der Waals surface area contributed by atoms with Gasteiger partial charge in [-0.05, 0) is 41.9 Å². The highest BCUT2D eigenvalue weighted by Gasteiger charge is 2.39. The molecule has 2 atom stereocenters. The van der Waals surface area contributed by atoms with E-state index in [1.807, 2.05) is 55.6 Å². The number of hydrogen-bond donors (Lipinski definition) is 1. The van der Waals surface area contributed by atoms with Crippen LogP contribution in [0.2, 0.25) is 0 Å². The molecule has 1 saturated heterocycles. The Morgan fingerprint density at radius 3 is 2.45 bits per heavy atom. The third-order valence-corrected chi connectivity index (χ3v) is 7.78. The highest BCUT2D eigenvalue weighted by atomic mass is 32.2. The molecular weight excluding hydrogens is 400 g/mol. The Labute approximate surface area is 178 Å². The van der Waals surface area contributed by atoms with Crippen molar-refractivity contribution in [1.29, 1.82) is 0 Å². The lowest BCUT2D eigenvalue weighted by atomic mass is 10.1.